The van der Waals surface area contributed by atoms with Crippen molar-refractivity contribution < 1.29 is 19.5 Å². The minimum atomic E-state index is -0.997. The van der Waals surface area contributed by atoms with Crippen LogP contribution in [0, 0.1) is 17.8 Å². The molecule has 4 aliphatic rings. The monoisotopic (exact) mass is 434 g/mol. The molecule has 176 valence electrons. The Morgan fingerprint density at radius 1 is 1.13 bits per heavy atom. The molecule has 1 N–H and O–H groups in total. The highest BCUT2D eigenvalue weighted by atomic mass is 16.3. The first-order valence-corrected chi connectivity index (χ1v) is 12.3. The summed E-state index contributed by atoms with van der Waals surface area (Å²) in [5, 5.41) is 9.85. The standard InChI is InChI=1S/C10H16.C8H11NO3.C7H15NO/c1-2-6-10-8-4-3-7-9(10)5-1;10-5-6-4-8(12)2-1-3-9(8)7(6)11;1-3-5-8(7-9)6-4-2/h1,5,9-10H,2-4,6-8H2;5-6,12H,1-4H2;7H,3-6H2,1-2H3/t9-,10?;6?,8-;/m01./s1. The summed E-state index contributed by atoms with van der Waals surface area (Å²) in [6.45, 7) is 6.55. The predicted octanol–water partition coefficient (Wildman–Crippen LogP) is 3.92. The van der Waals surface area contributed by atoms with Crippen LogP contribution in [-0.2, 0) is 14.4 Å². The fourth-order valence-corrected chi connectivity index (χ4v) is 5.36. The van der Waals surface area contributed by atoms with E-state index in [0.29, 0.717) is 19.3 Å². The van der Waals surface area contributed by atoms with E-state index in [1.54, 1.807) is 4.90 Å². The maximum absolute atomic E-state index is 11.4. The van der Waals surface area contributed by atoms with E-state index in [1.165, 1.54) is 43.4 Å². The molecule has 6 nitrogen and oxygen atoms in total. The van der Waals surface area contributed by atoms with Gasteiger partial charge >= 0.3 is 0 Å². The van der Waals surface area contributed by atoms with E-state index < -0.39 is 11.6 Å². The SMILES string of the molecule is C1=C[C@H]2CCCCC2CC1.CCCN(C=O)CCC.O=CC1C[C@]2(O)CCCN2C1=O. The molecular formula is C25H42N2O4. The first kappa shape index (κ1) is 25.6. The molecule has 2 heterocycles. The van der Waals surface area contributed by atoms with Gasteiger partial charge in [-0.3, -0.25) is 9.59 Å². The highest BCUT2D eigenvalue weighted by Gasteiger charge is 2.52. The number of hydrogen-bond donors (Lipinski definition) is 1. The lowest BCUT2D eigenvalue weighted by Crippen LogP contribution is -2.39. The molecule has 0 aromatic rings. The van der Waals surface area contributed by atoms with Crippen LogP contribution in [0.2, 0.25) is 0 Å². The Bertz CT molecular complexity index is 602. The molecule has 3 fully saturated rings. The molecule has 2 amide bonds. The van der Waals surface area contributed by atoms with Crippen LogP contribution in [0.25, 0.3) is 0 Å². The maximum atomic E-state index is 11.4. The van der Waals surface area contributed by atoms with E-state index in [9.17, 15) is 19.5 Å². The zero-order valence-corrected chi connectivity index (χ0v) is 19.5. The van der Waals surface area contributed by atoms with E-state index >= 15 is 0 Å². The summed E-state index contributed by atoms with van der Waals surface area (Å²) < 4.78 is 0. The molecule has 0 aromatic heterocycles. The van der Waals surface area contributed by atoms with Crippen molar-refractivity contribution in [3.05, 3.63) is 12.2 Å². The van der Waals surface area contributed by atoms with Crippen LogP contribution in [0.5, 0.6) is 0 Å². The molecule has 0 aromatic carbocycles. The second-order valence-electron chi connectivity index (χ2n) is 9.38. The van der Waals surface area contributed by atoms with Crippen molar-refractivity contribution in [2.45, 2.75) is 90.2 Å². The summed E-state index contributed by atoms with van der Waals surface area (Å²) in [5.74, 6) is 1.24. The average molecular weight is 435 g/mol. The highest BCUT2D eigenvalue weighted by molar-refractivity contribution is 5.94. The molecule has 0 bridgehead atoms. The second kappa shape index (κ2) is 13.0. The van der Waals surface area contributed by atoms with Crippen LogP contribution in [0.1, 0.15) is 84.5 Å². The van der Waals surface area contributed by atoms with Crippen molar-refractivity contribution in [1.82, 2.24) is 9.80 Å². The Morgan fingerprint density at radius 2 is 1.84 bits per heavy atom. The molecule has 2 aliphatic carbocycles. The number of aliphatic hydroxyl groups is 1. The Morgan fingerprint density at radius 3 is 2.42 bits per heavy atom. The summed E-state index contributed by atoms with van der Waals surface area (Å²) in [4.78, 5) is 35.2. The summed E-state index contributed by atoms with van der Waals surface area (Å²) >= 11 is 0. The summed E-state index contributed by atoms with van der Waals surface area (Å²) in [6.07, 6.45) is 19.0. The van der Waals surface area contributed by atoms with E-state index in [4.69, 9.17) is 0 Å². The van der Waals surface area contributed by atoms with Gasteiger partial charge in [-0.15, -0.1) is 0 Å². The van der Waals surface area contributed by atoms with Crippen LogP contribution in [0.15, 0.2) is 12.2 Å². The van der Waals surface area contributed by atoms with Gasteiger partial charge < -0.3 is 19.7 Å². The minimum Gasteiger partial charge on any atom is -0.371 e. The summed E-state index contributed by atoms with van der Waals surface area (Å²) in [5.41, 5.74) is -0.997. The fourth-order valence-electron chi connectivity index (χ4n) is 5.36. The molecule has 6 heteroatoms. The van der Waals surface area contributed by atoms with Gasteiger partial charge in [-0.1, -0.05) is 38.8 Å². The van der Waals surface area contributed by atoms with Crippen molar-refractivity contribution in [3.63, 3.8) is 0 Å². The van der Waals surface area contributed by atoms with E-state index in [0.717, 1.165) is 50.6 Å². The van der Waals surface area contributed by atoms with Gasteiger partial charge in [0.1, 0.15) is 12.0 Å². The normalized spacial score (nSPS) is 30.9. The zero-order chi connectivity index (χ0) is 22.7. The van der Waals surface area contributed by atoms with Gasteiger partial charge in [-0.25, -0.2) is 0 Å². The topological polar surface area (TPSA) is 77.9 Å². The number of nitrogens with zero attached hydrogens (tertiary/aromatic N) is 2. The Labute approximate surface area is 188 Å². The number of fused-ring (bicyclic) bond motifs is 2. The number of aldehydes is 1. The van der Waals surface area contributed by atoms with Gasteiger partial charge in [0.25, 0.3) is 0 Å². The molecule has 4 rings (SSSR count). The fraction of sp³-hybridized carbons (Fsp3) is 0.800. The molecule has 2 saturated heterocycles. The lowest BCUT2D eigenvalue weighted by molar-refractivity contribution is -0.140. The van der Waals surface area contributed by atoms with Crippen LogP contribution in [-0.4, -0.2) is 58.9 Å². The first-order chi connectivity index (χ1) is 15.0. The van der Waals surface area contributed by atoms with Crippen molar-refractivity contribution in [2.24, 2.45) is 17.8 Å². The van der Waals surface area contributed by atoms with Gasteiger partial charge in [0.05, 0.1) is 5.92 Å². The summed E-state index contributed by atoms with van der Waals surface area (Å²) in [7, 11) is 0. The second-order valence-corrected chi connectivity index (χ2v) is 9.38. The third kappa shape index (κ3) is 7.16. The average Bonchev–Trinajstić information content (AvgIpc) is 3.29. The van der Waals surface area contributed by atoms with Gasteiger partial charge in [0.2, 0.25) is 12.3 Å². The number of allylic oxidation sites excluding steroid dienone is 2. The minimum absolute atomic E-state index is 0.204. The molecule has 0 radical (unpaired) electrons. The Hall–Kier alpha value is -1.69. The van der Waals surface area contributed by atoms with Gasteiger partial charge in [-0.2, -0.15) is 0 Å². The highest BCUT2D eigenvalue weighted by Crippen LogP contribution is 2.39. The third-order valence-corrected chi connectivity index (χ3v) is 6.98. The number of carbonyl (C=O) groups excluding carboxylic acids is 3. The lowest BCUT2D eigenvalue weighted by atomic mass is 9.74. The molecule has 4 atom stereocenters. The van der Waals surface area contributed by atoms with E-state index in [2.05, 4.69) is 26.0 Å². The van der Waals surface area contributed by atoms with Crippen LogP contribution >= 0.6 is 0 Å². The largest absolute Gasteiger partial charge is 0.371 e. The van der Waals surface area contributed by atoms with Gasteiger partial charge in [0, 0.05) is 26.1 Å². The number of hydrogen-bond acceptors (Lipinski definition) is 4. The number of amides is 2. The van der Waals surface area contributed by atoms with Gasteiger partial charge in [-0.05, 0) is 63.2 Å². The molecule has 0 spiro atoms. The lowest BCUT2D eigenvalue weighted by Gasteiger charge is -2.31. The van der Waals surface area contributed by atoms with E-state index in [1.807, 2.05) is 0 Å². The number of rotatable bonds is 6. The zero-order valence-electron chi connectivity index (χ0n) is 19.5. The third-order valence-electron chi connectivity index (χ3n) is 6.98. The van der Waals surface area contributed by atoms with Crippen molar-refractivity contribution >= 4 is 18.6 Å². The first-order valence-electron chi connectivity index (χ1n) is 12.3. The molecule has 1 saturated carbocycles. The molecule has 2 aliphatic heterocycles. The van der Waals surface area contributed by atoms with Gasteiger partial charge in [0.15, 0.2) is 0 Å². The van der Waals surface area contributed by atoms with Crippen LogP contribution in [0.4, 0.5) is 0 Å². The van der Waals surface area contributed by atoms with Crippen molar-refractivity contribution in [1.29, 1.82) is 0 Å². The smallest absolute Gasteiger partial charge is 0.235 e. The van der Waals surface area contributed by atoms with E-state index in [-0.39, 0.29) is 12.3 Å². The maximum Gasteiger partial charge on any atom is 0.235 e. The summed E-state index contributed by atoms with van der Waals surface area (Å²) in [6, 6.07) is 0. The quantitative estimate of drug-likeness (QED) is 0.390. The van der Waals surface area contributed by atoms with Crippen molar-refractivity contribution in [3.8, 4) is 0 Å². The van der Waals surface area contributed by atoms with Crippen molar-refractivity contribution in [2.75, 3.05) is 19.6 Å². The number of carbonyl (C=O) groups is 3. The Balaban J connectivity index is 0.000000168. The molecular weight excluding hydrogens is 392 g/mol. The van der Waals surface area contributed by atoms with Crippen LogP contribution in [0.3, 0.4) is 0 Å². The molecule has 31 heavy (non-hydrogen) atoms. The predicted molar refractivity (Wildman–Crippen MR) is 122 cm³/mol. The van der Waals surface area contributed by atoms with Crippen LogP contribution < -0.4 is 0 Å². The molecule has 2 unspecified atom stereocenters. The Kier molecular flexibility index (Phi) is 10.7.